The summed E-state index contributed by atoms with van der Waals surface area (Å²) >= 11 is 0. The van der Waals surface area contributed by atoms with Gasteiger partial charge in [-0.3, -0.25) is 15.3 Å². The molecular weight excluding hydrogens is 299 g/mol. The van der Waals surface area contributed by atoms with Crippen LogP contribution in [0.15, 0.2) is 12.4 Å². The molecule has 3 heterocycles. The Morgan fingerprint density at radius 1 is 1.32 bits per heavy atom. The highest BCUT2D eigenvalue weighted by molar-refractivity contribution is 5.12. The van der Waals surface area contributed by atoms with Gasteiger partial charge in [0.15, 0.2) is 5.54 Å². The first kappa shape index (κ1) is 14.8. The first-order chi connectivity index (χ1) is 10.4. The van der Waals surface area contributed by atoms with Crippen molar-refractivity contribution in [2.45, 2.75) is 38.0 Å². The van der Waals surface area contributed by atoms with Crippen molar-refractivity contribution in [2.75, 3.05) is 6.54 Å². The van der Waals surface area contributed by atoms with Crippen LogP contribution >= 0.6 is 0 Å². The summed E-state index contributed by atoms with van der Waals surface area (Å²) in [5.41, 5.74) is -0.944. The molecule has 2 aromatic heterocycles. The van der Waals surface area contributed by atoms with Gasteiger partial charge in [0.05, 0.1) is 11.4 Å². The minimum absolute atomic E-state index is 0.0909. The van der Waals surface area contributed by atoms with Gasteiger partial charge in [0, 0.05) is 12.4 Å². The molecule has 0 radical (unpaired) electrons. The molecular formula is C12H14F3N7. The Hall–Kier alpha value is -2.10. The van der Waals surface area contributed by atoms with Crippen LogP contribution in [0, 0.1) is 6.92 Å². The van der Waals surface area contributed by atoms with E-state index in [9.17, 15) is 13.2 Å². The van der Waals surface area contributed by atoms with Gasteiger partial charge in [-0.1, -0.05) is 0 Å². The van der Waals surface area contributed by atoms with E-state index in [2.05, 4.69) is 30.7 Å². The van der Waals surface area contributed by atoms with E-state index in [0.717, 1.165) is 4.80 Å². The van der Waals surface area contributed by atoms with Gasteiger partial charge in [-0.25, -0.2) is 0 Å². The third kappa shape index (κ3) is 2.43. The largest absolute Gasteiger partial charge is 0.414 e. The fourth-order valence-corrected chi connectivity index (χ4v) is 2.51. The highest BCUT2D eigenvalue weighted by atomic mass is 19.4. The third-order valence-electron chi connectivity index (χ3n) is 3.75. The number of alkyl halides is 3. The van der Waals surface area contributed by atoms with Crippen molar-refractivity contribution < 1.29 is 13.2 Å². The predicted molar refractivity (Wildman–Crippen MR) is 68.7 cm³/mol. The molecule has 2 aromatic rings. The molecule has 1 saturated heterocycles. The summed E-state index contributed by atoms with van der Waals surface area (Å²) in [5.74, 6) is -0.348. The van der Waals surface area contributed by atoms with Crippen molar-refractivity contribution in [1.82, 2.24) is 35.5 Å². The summed E-state index contributed by atoms with van der Waals surface area (Å²) < 4.78 is 40.2. The standard InChI is InChI=1S/C12H14F3N7/c1-8-9(17-6-5-16-8)7-22-20-10(19-21-22)11(12(13,14)15)3-2-4-18-11/h5-6,18H,2-4,7H2,1H3. The van der Waals surface area contributed by atoms with Crippen molar-refractivity contribution in [3.05, 3.63) is 29.6 Å². The number of nitrogens with one attached hydrogen (secondary N) is 1. The van der Waals surface area contributed by atoms with Crippen LogP contribution in [0.4, 0.5) is 13.2 Å². The molecule has 0 aliphatic carbocycles. The Morgan fingerprint density at radius 3 is 2.73 bits per heavy atom. The van der Waals surface area contributed by atoms with Crippen LogP contribution in [0.5, 0.6) is 0 Å². The summed E-state index contributed by atoms with van der Waals surface area (Å²) in [5, 5.41) is 13.7. The van der Waals surface area contributed by atoms with E-state index < -0.39 is 11.7 Å². The highest BCUT2D eigenvalue weighted by Gasteiger charge is 2.60. The molecule has 0 saturated carbocycles. The molecule has 10 heteroatoms. The first-order valence-electron chi connectivity index (χ1n) is 6.79. The maximum absolute atomic E-state index is 13.4. The van der Waals surface area contributed by atoms with E-state index in [4.69, 9.17) is 0 Å². The van der Waals surface area contributed by atoms with E-state index >= 15 is 0 Å². The third-order valence-corrected chi connectivity index (χ3v) is 3.75. The number of hydrogen-bond donors (Lipinski definition) is 1. The molecule has 1 atom stereocenters. The molecule has 0 amide bonds. The first-order valence-corrected chi connectivity index (χ1v) is 6.79. The number of halogens is 3. The van der Waals surface area contributed by atoms with Crippen molar-refractivity contribution in [3.63, 3.8) is 0 Å². The van der Waals surface area contributed by atoms with Gasteiger partial charge in [0.1, 0.15) is 6.54 Å². The zero-order valence-corrected chi connectivity index (χ0v) is 11.8. The molecule has 1 aliphatic heterocycles. The number of nitrogens with zero attached hydrogens (tertiary/aromatic N) is 6. The maximum atomic E-state index is 13.4. The number of tetrazole rings is 1. The molecule has 1 aliphatic rings. The fraction of sp³-hybridized carbons (Fsp3) is 0.583. The van der Waals surface area contributed by atoms with Crippen LogP contribution in [0.2, 0.25) is 0 Å². The van der Waals surface area contributed by atoms with Crippen LogP contribution in [0.25, 0.3) is 0 Å². The van der Waals surface area contributed by atoms with Gasteiger partial charge >= 0.3 is 6.18 Å². The van der Waals surface area contributed by atoms with E-state index in [1.165, 1.54) is 6.20 Å². The van der Waals surface area contributed by atoms with E-state index in [1.807, 2.05) is 0 Å². The molecule has 0 spiro atoms. The van der Waals surface area contributed by atoms with Crippen molar-refractivity contribution in [3.8, 4) is 0 Å². The van der Waals surface area contributed by atoms with E-state index in [0.29, 0.717) is 17.8 Å². The molecule has 1 unspecified atom stereocenters. The number of hydrogen-bond acceptors (Lipinski definition) is 6. The van der Waals surface area contributed by atoms with Gasteiger partial charge in [0.2, 0.25) is 5.82 Å². The fourth-order valence-electron chi connectivity index (χ4n) is 2.51. The minimum Gasteiger partial charge on any atom is -0.297 e. The summed E-state index contributed by atoms with van der Waals surface area (Å²) in [6.07, 6.45) is -1.10. The average molecular weight is 313 g/mol. The quantitative estimate of drug-likeness (QED) is 0.909. The molecule has 0 aromatic carbocycles. The lowest BCUT2D eigenvalue weighted by atomic mass is 9.96. The molecule has 118 valence electrons. The number of aromatic nitrogens is 6. The summed E-state index contributed by atoms with van der Waals surface area (Å²) in [6.45, 7) is 2.16. The van der Waals surface area contributed by atoms with Crippen LogP contribution in [0.1, 0.15) is 30.1 Å². The Morgan fingerprint density at radius 2 is 2.09 bits per heavy atom. The summed E-state index contributed by atoms with van der Waals surface area (Å²) in [6, 6.07) is 0. The van der Waals surface area contributed by atoms with Gasteiger partial charge in [-0.05, 0) is 31.5 Å². The lowest BCUT2D eigenvalue weighted by Crippen LogP contribution is -2.50. The second-order valence-corrected chi connectivity index (χ2v) is 5.17. The van der Waals surface area contributed by atoms with Crippen LogP contribution < -0.4 is 5.32 Å². The predicted octanol–water partition coefficient (Wildman–Crippen LogP) is 0.961. The van der Waals surface area contributed by atoms with Crippen molar-refractivity contribution in [1.29, 1.82) is 0 Å². The second-order valence-electron chi connectivity index (χ2n) is 5.17. The lowest BCUT2D eigenvalue weighted by Gasteiger charge is -2.28. The Labute approximate surface area is 124 Å². The number of rotatable bonds is 3. The van der Waals surface area contributed by atoms with Crippen molar-refractivity contribution in [2.24, 2.45) is 0 Å². The number of aryl methyl sites for hydroxylation is 1. The minimum atomic E-state index is -4.47. The maximum Gasteiger partial charge on any atom is 0.414 e. The smallest absolute Gasteiger partial charge is 0.297 e. The molecule has 22 heavy (non-hydrogen) atoms. The molecule has 7 nitrogen and oxygen atoms in total. The SMILES string of the molecule is Cc1nccnc1Cn1nnc(C2(C(F)(F)F)CCCN2)n1. The van der Waals surface area contributed by atoms with Gasteiger partial charge < -0.3 is 0 Å². The lowest BCUT2D eigenvalue weighted by molar-refractivity contribution is -0.198. The zero-order chi connectivity index (χ0) is 15.8. The normalized spacial score (nSPS) is 22.2. The molecule has 1 fully saturated rings. The van der Waals surface area contributed by atoms with Crippen LogP contribution in [-0.2, 0) is 12.1 Å². The van der Waals surface area contributed by atoms with Gasteiger partial charge in [0.25, 0.3) is 0 Å². The Bertz CT molecular complexity index is 661. The van der Waals surface area contributed by atoms with Crippen LogP contribution in [-0.4, -0.2) is 42.9 Å². The Kier molecular flexibility index (Phi) is 3.55. The average Bonchev–Trinajstić information content (AvgIpc) is 3.09. The monoisotopic (exact) mass is 313 g/mol. The molecule has 0 bridgehead atoms. The Balaban J connectivity index is 1.89. The zero-order valence-electron chi connectivity index (χ0n) is 11.8. The van der Waals surface area contributed by atoms with Gasteiger partial charge in [-0.15, -0.1) is 10.2 Å². The molecule has 3 rings (SSSR count). The highest BCUT2D eigenvalue weighted by Crippen LogP contribution is 2.43. The summed E-state index contributed by atoms with van der Waals surface area (Å²) in [4.78, 5) is 9.30. The topological polar surface area (TPSA) is 81.4 Å². The van der Waals surface area contributed by atoms with Crippen molar-refractivity contribution >= 4 is 0 Å². The second kappa shape index (κ2) is 5.27. The molecule has 1 N–H and O–H groups in total. The van der Waals surface area contributed by atoms with E-state index in [1.54, 1.807) is 13.1 Å². The summed E-state index contributed by atoms with van der Waals surface area (Å²) in [7, 11) is 0. The van der Waals surface area contributed by atoms with Crippen LogP contribution in [0.3, 0.4) is 0 Å². The van der Waals surface area contributed by atoms with Gasteiger partial charge in [-0.2, -0.15) is 18.0 Å². The van der Waals surface area contributed by atoms with E-state index in [-0.39, 0.29) is 25.3 Å².